The van der Waals surface area contributed by atoms with Crippen LogP contribution in [-0.4, -0.2) is 46.5 Å². The van der Waals surface area contributed by atoms with Gasteiger partial charge in [-0.25, -0.2) is 14.5 Å². The average molecular weight is 569 g/mol. The molecule has 3 heterocycles. The number of carboxylic acid groups (broad SMARTS) is 1. The lowest BCUT2D eigenvalue weighted by atomic mass is 9.81. The van der Waals surface area contributed by atoms with Crippen LogP contribution in [0.5, 0.6) is 0 Å². The summed E-state index contributed by atoms with van der Waals surface area (Å²) in [6.45, 7) is 4.29. The Morgan fingerprint density at radius 1 is 1.18 bits per heavy atom. The maximum absolute atomic E-state index is 14.1. The lowest BCUT2D eigenvalue weighted by Crippen LogP contribution is -2.53. The monoisotopic (exact) mass is 568 g/mol. The molecule has 194 valence electrons. The largest absolute Gasteiger partial charge is 0.478 e. The average Bonchev–Trinajstić information content (AvgIpc) is 3.52. The Kier molecular flexibility index (Phi) is 6.70. The molecule has 0 bridgehead atoms. The summed E-state index contributed by atoms with van der Waals surface area (Å²) in [5, 5.41) is 22.5. The lowest BCUT2D eigenvalue weighted by Gasteiger charge is -2.28. The second-order valence-electron chi connectivity index (χ2n) is 9.50. The number of aromatic carboxylic acids is 1. The van der Waals surface area contributed by atoms with Gasteiger partial charge >= 0.3 is 12.0 Å². The highest BCUT2D eigenvalue weighted by Gasteiger charge is 2.61. The first-order valence-corrected chi connectivity index (χ1v) is 13.3. The van der Waals surface area contributed by atoms with Crippen molar-refractivity contribution in [3.8, 4) is 6.07 Å². The Bertz CT molecular complexity index is 1500. The third-order valence-electron chi connectivity index (χ3n) is 7.17. The Labute approximate surface area is 233 Å². The number of nitrogens with zero attached hydrogens (tertiary/aromatic N) is 3. The molecule has 1 unspecified atom stereocenters. The highest BCUT2D eigenvalue weighted by molar-refractivity contribution is 7.12. The van der Waals surface area contributed by atoms with E-state index in [0.717, 1.165) is 15.3 Å². The van der Waals surface area contributed by atoms with Crippen LogP contribution in [0.2, 0.25) is 10.0 Å². The Balaban J connectivity index is 1.58. The number of carbonyl (C=O) groups excluding carboxylic acids is 2. The maximum Gasteiger partial charge on any atom is 0.336 e. The molecule has 0 saturated carbocycles. The van der Waals surface area contributed by atoms with Crippen molar-refractivity contribution < 1.29 is 19.5 Å². The van der Waals surface area contributed by atoms with Crippen molar-refractivity contribution in [2.45, 2.75) is 31.3 Å². The van der Waals surface area contributed by atoms with Gasteiger partial charge in [0.05, 0.1) is 22.9 Å². The smallest absolute Gasteiger partial charge is 0.336 e. The summed E-state index contributed by atoms with van der Waals surface area (Å²) in [6.07, 6.45) is 0. The molecule has 1 spiro atoms. The summed E-state index contributed by atoms with van der Waals surface area (Å²) in [7, 11) is 0. The number of nitriles is 1. The molecule has 1 aromatic heterocycles. The third kappa shape index (κ3) is 4.33. The number of carbonyl (C=O) groups is 3. The van der Waals surface area contributed by atoms with Gasteiger partial charge in [0.25, 0.3) is 5.91 Å². The number of amides is 3. The second-order valence-corrected chi connectivity index (χ2v) is 11.7. The molecule has 2 saturated heterocycles. The number of imide groups is 1. The van der Waals surface area contributed by atoms with E-state index in [4.69, 9.17) is 23.2 Å². The van der Waals surface area contributed by atoms with E-state index in [1.807, 2.05) is 18.7 Å². The summed E-state index contributed by atoms with van der Waals surface area (Å²) in [4.78, 5) is 44.0. The molecule has 11 heteroatoms. The molecule has 38 heavy (non-hydrogen) atoms. The molecular weight excluding hydrogens is 547 g/mol. The number of carboxylic acids is 1. The summed E-state index contributed by atoms with van der Waals surface area (Å²) in [6, 6.07) is 14.3. The summed E-state index contributed by atoms with van der Waals surface area (Å²) in [5.74, 6) is -1.93. The number of thiophene rings is 1. The molecule has 3 atom stereocenters. The summed E-state index contributed by atoms with van der Waals surface area (Å²) < 4.78 is 0. The second kappa shape index (κ2) is 9.71. The number of likely N-dealkylation sites (tertiary alicyclic amines) is 1. The molecule has 0 aliphatic carbocycles. The van der Waals surface area contributed by atoms with Crippen LogP contribution in [0.25, 0.3) is 0 Å². The number of halogens is 2. The zero-order chi connectivity index (χ0) is 27.4. The number of hydrogen-bond acceptors (Lipinski definition) is 6. The van der Waals surface area contributed by atoms with Gasteiger partial charge in [0.15, 0.2) is 0 Å². The molecule has 5 rings (SSSR count). The Hall–Kier alpha value is -3.42. The van der Waals surface area contributed by atoms with Crippen molar-refractivity contribution in [3.63, 3.8) is 0 Å². The van der Waals surface area contributed by atoms with E-state index in [1.165, 1.54) is 29.5 Å². The molecule has 8 nitrogen and oxygen atoms in total. The molecule has 2 N–H and O–H groups in total. The standard InChI is InChI=1S/C27H22Cl2N4O4S/c1-14-7-21(24(34)35)23(38-14)15(2)32-12-22(17-5-3-16(11-30)4-6-17)27(13-32)25(36)33(26(37)31-27)20-9-18(28)8-19(29)10-20/h3-10,15,22H,12-13H2,1-2H3,(H,31,37)(H,34,35)/t15?,22-,27+/m0/s1. The number of rotatable bonds is 5. The van der Waals surface area contributed by atoms with Crippen molar-refractivity contribution in [1.29, 1.82) is 5.26 Å². The maximum atomic E-state index is 14.1. The Morgan fingerprint density at radius 3 is 2.45 bits per heavy atom. The van der Waals surface area contributed by atoms with Gasteiger partial charge in [-0.05, 0) is 55.8 Å². The van der Waals surface area contributed by atoms with Crippen molar-refractivity contribution in [2.24, 2.45) is 0 Å². The van der Waals surface area contributed by atoms with Crippen LogP contribution in [0.1, 0.15) is 50.1 Å². The van der Waals surface area contributed by atoms with Gasteiger partial charge in [0.2, 0.25) is 0 Å². The van der Waals surface area contributed by atoms with Crippen LogP contribution >= 0.6 is 34.5 Å². The van der Waals surface area contributed by atoms with E-state index in [-0.39, 0.29) is 33.9 Å². The van der Waals surface area contributed by atoms with Crippen LogP contribution in [0.3, 0.4) is 0 Å². The van der Waals surface area contributed by atoms with Gasteiger partial charge in [-0.2, -0.15) is 5.26 Å². The number of nitrogens with one attached hydrogen (secondary N) is 1. The SMILES string of the molecule is Cc1cc(C(=O)O)c(C(C)N2C[C@@H](c3ccc(C#N)cc3)[C@@]3(C2)NC(=O)N(c2cc(Cl)cc(Cl)c2)C3=O)s1. The van der Waals surface area contributed by atoms with E-state index in [0.29, 0.717) is 17.0 Å². The fourth-order valence-electron chi connectivity index (χ4n) is 5.37. The highest BCUT2D eigenvalue weighted by Crippen LogP contribution is 2.45. The number of aryl methyl sites for hydroxylation is 1. The van der Waals surface area contributed by atoms with Gasteiger partial charge in [-0.15, -0.1) is 11.3 Å². The van der Waals surface area contributed by atoms with Crippen LogP contribution in [0, 0.1) is 18.3 Å². The van der Waals surface area contributed by atoms with Crippen molar-refractivity contribution in [2.75, 3.05) is 18.0 Å². The third-order valence-corrected chi connectivity index (χ3v) is 8.83. The van der Waals surface area contributed by atoms with Crippen LogP contribution < -0.4 is 10.2 Å². The van der Waals surface area contributed by atoms with Gasteiger partial charge < -0.3 is 10.4 Å². The van der Waals surface area contributed by atoms with Crippen LogP contribution in [0.15, 0.2) is 48.5 Å². The van der Waals surface area contributed by atoms with Gasteiger partial charge in [0, 0.05) is 44.8 Å². The van der Waals surface area contributed by atoms with E-state index >= 15 is 0 Å². The minimum atomic E-state index is -1.33. The normalized spacial score (nSPS) is 22.1. The number of hydrogen-bond donors (Lipinski definition) is 2. The number of benzene rings is 2. The first-order valence-electron chi connectivity index (χ1n) is 11.7. The highest BCUT2D eigenvalue weighted by atomic mass is 35.5. The van der Waals surface area contributed by atoms with Crippen molar-refractivity contribution >= 4 is 58.1 Å². The molecule has 2 aliphatic heterocycles. The fraction of sp³-hybridized carbons (Fsp3) is 0.259. The van der Waals surface area contributed by atoms with Gasteiger partial charge in [-0.3, -0.25) is 9.69 Å². The molecule has 2 aromatic carbocycles. The zero-order valence-corrected chi connectivity index (χ0v) is 22.7. The summed E-state index contributed by atoms with van der Waals surface area (Å²) >= 11 is 13.7. The first kappa shape index (κ1) is 26.2. The van der Waals surface area contributed by atoms with Gasteiger partial charge in [0.1, 0.15) is 5.54 Å². The van der Waals surface area contributed by atoms with Crippen LogP contribution in [-0.2, 0) is 4.79 Å². The molecule has 3 aromatic rings. The molecule has 2 fully saturated rings. The predicted octanol–water partition coefficient (Wildman–Crippen LogP) is 5.59. The summed E-state index contributed by atoms with van der Waals surface area (Å²) in [5.41, 5.74) is 0.411. The molecular formula is C27H22Cl2N4O4S. The minimum Gasteiger partial charge on any atom is -0.478 e. The molecule has 0 radical (unpaired) electrons. The van der Waals surface area contributed by atoms with E-state index < -0.39 is 29.4 Å². The fourth-order valence-corrected chi connectivity index (χ4v) is 6.99. The molecule has 2 aliphatic rings. The zero-order valence-electron chi connectivity index (χ0n) is 20.4. The number of anilines is 1. The van der Waals surface area contributed by atoms with E-state index in [1.54, 1.807) is 30.3 Å². The number of urea groups is 1. The predicted molar refractivity (Wildman–Crippen MR) is 145 cm³/mol. The van der Waals surface area contributed by atoms with E-state index in [2.05, 4.69) is 11.4 Å². The first-order chi connectivity index (χ1) is 18.0. The Morgan fingerprint density at radius 2 is 1.84 bits per heavy atom. The van der Waals surface area contributed by atoms with Crippen molar-refractivity contribution in [1.82, 2.24) is 10.2 Å². The van der Waals surface area contributed by atoms with Crippen LogP contribution in [0.4, 0.5) is 10.5 Å². The molecule has 3 amide bonds. The minimum absolute atomic E-state index is 0.157. The topological polar surface area (TPSA) is 114 Å². The van der Waals surface area contributed by atoms with Crippen molar-refractivity contribution in [3.05, 3.63) is 85.0 Å². The quantitative estimate of drug-likeness (QED) is 0.388. The van der Waals surface area contributed by atoms with E-state index in [9.17, 15) is 24.8 Å². The lowest BCUT2D eigenvalue weighted by molar-refractivity contribution is -0.122. The van der Waals surface area contributed by atoms with Gasteiger partial charge in [-0.1, -0.05) is 35.3 Å².